The summed E-state index contributed by atoms with van der Waals surface area (Å²) in [6, 6.07) is 12.1. The molecule has 0 radical (unpaired) electrons. The minimum atomic E-state index is -3.79. The Bertz CT molecular complexity index is 1160. The molecule has 3 aromatic rings. The number of fused-ring (bicyclic) bond motifs is 1. The molecule has 0 saturated carbocycles. The predicted octanol–water partition coefficient (Wildman–Crippen LogP) is 4.18. The lowest BCUT2D eigenvalue weighted by Gasteiger charge is -2.33. The number of rotatable bonds is 5. The van der Waals surface area contributed by atoms with Crippen molar-refractivity contribution in [1.29, 1.82) is 0 Å². The first-order valence-corrected chi connectivity index (χ1v) is 12.0. The van der Waals surface area contributed by atoms with Gasteiger partial charge >= 0.3 is 0 Å². The van der Waals surface area contributed by atoms with Crippen molar-refractivity contribution in [2.45, 2.75) is 37.1 Å². The molecule has 1 amide bonds. The van der Waals surface area contributed by atoms with Gasteiger partial charge in [-0.2, -0.15) is 4.31 Å². The molecule has 1 atom stereocenters. The topological polar surface area (TPSA) is 88.6 Å². The normalized spacial score (nSPS) is 17.7. The molecule has 0 spiro atoms. The molecule has 30 heavy (non-hydrogen) atoms. The third-order valence-electron chi connectivity index (χ3n) is 5.14. The van der Waals surface area contributed by atoms with Gasteiger partial charge in [0.25, 0.3) is 0 Å². The van der Waals surface area contributed by atoms with Gasteiger partial charge in [-0.25, -0.2) is 13.4 Å². The van der Waals surface area contributed by atoms with E-state index < -0.39 is 10.0 Å². The van der Waals surface area contributed by atoms with E-state index in [1.807, 2.05) is 24.3 Å². The molecule has 158 valence electrons. The van der Waals surface area contributed by atoms with E-state index in [-0.39, 0.29) is 16.8 Å². The monoisotopic (exact) mass is 445 g/mol. The van der Waals surface area contributed by atoms with Crippen LogP contribution in [0.2, 0.25) is 0 Å². The van der Waals surface area contributed by atoms with Gasteiger partial charge in [-0.15, -0.1) is 11.3 Å². The zero-order chi connectivity index (χ0) is 21.3. The third-order valence-corrected chi connectivity index (χ3v) is 8.18. The van der Waals surface area contributed by atoms with Crippen molar-refractivity contribution in [2.75, 3.05) is 19.0 Å². The fourth-order valence-electron chi connectivity index (χ4n) is 3.74. The van der Waals surface area contributed by atoms with Crippen molar-refractivity contribution >= 4 is 43.2 Å². The zero-order valence-corrected chi connectivity index (χ0v) is 18.4. The molecule has 7 nitrogen and oxygen atoms in total. The molecule has 2 aromatic carbocycles. The molecule has 4 rings (SSSR count). The summed E-state index contributed by atoms with van der Waals surface area (Å²) in [4.78, 5) is 16.4. The van der Waals surface area contributed by atoms with E-state index in [1.54, 1.807) is 21.7 Å². The molecule has 0 aliphatic carbocycles. The number of thiazole rings is 1. The number of carbonyl (C=O) groups excluding carboxylic acids is 1. The van der Waals surface area contributed by atoms with E-state index >= 15 is 0 Å². The van der Waals surface area contributed by atoms with Crippen LogP contribution in [0.5, 0.6) is 5.75 Å². The zero-order valence-electron chi connectivity index (χ0n) is 16.8. The molecule has 1 saturated heterocycles. The molecule has 1 aromatic heterocycles. The Balaban J connectivity index is 1.73. The van der Waals surface area contributed by atoms with Crippen LogP contribution in [-0.2, 0) is 14.8 Å². The van der Waals surface area contributed by atoms with E-state index in [1.165, 1.54) is 26.2 Å². The van der Waals surface area contributed by atoms with E-state index in [2.05, 4.69) is 5.32 Å². The minimum Gasteiger partial charge on any atom is -0.495 e. The van der Waals surface area contributed by atoms with E-state index in [9.17, 15) is 13.2 Å². The van der Waals surface area contributed by atoms with Gasteiger partial charge in [0.1, 0.15) is 10.8 Å². The summed E-state index contributed by atoms with van der Waals surface area (Å²) >= 11 is 1.54. The lowest BCUT2D eigenvalue weighted by molar-refractivity contribution is -0.114. The highest BCUT2D eigenvalue weighted by molar-refractivity contribution is 7.89. The third kappa shape index (κ3) is 3.92. The van der Waals surface area contributed by atoms with Gasteiger partial charge in [0, 0.05) is 13.5 Å². The SMILES string of the molecule is COc1ccc(S(=O)(=O)N2CCCC[C@H]2c2nc3ccccc3s2)cc1NC(C)=O. The van der Waals surface area contributed by atoms with Crippen molar-refractivity contribution in [3.63, 3.8) is 0 Å². The molecule has 0 unspecified atom stereocenters. The fourth-order valence-corrected chi connectivity index (χ4v) is 6.61. The number of hydrogen-bond donors (Lipinski definition) is 1. The number of carbonyl (C=O) groups is 1. The molecule has 0 bridgehead atoms. The second-order valence-corrected chi connectivity index (χ2v) is 10.1. The van der Waals surface area contributed by atoms with Gasteiger partial charge in [0.05, 0.1) is 34.0 Å². The second kappa shape index (κ2) is 8.33. The number of para-hydroxylation sites is 1. The molecular weight excluding hydrogens is 422 g/mol. The van der Waals surface area contributed by atoms with Crippen molar-refractivity contribution in [2.24, 2.45) is 0 Å². The standard InChI is InChI=1S/C21H23N3O4S2/c1-14(25)22-17-13-15(10-11-19(17)28-2)30(26,27)24-12-6-5-8-18(24)21-23-16-7-3-4-9-20(16)29-21/h3-4,7,9-11,13,18H,5-6,8,12H2,1-2H3,(H,22,25)/t18-/m0/s1. The van der Waals surface area contributed by atoms with Crippen molar-refractivity contribution in [1.82, 2.24) is 9.29 Å². The van der Waals surface area contributed by atoms with Crippen LogP contribution < -0.4 is 10.1 Å². The number of benzene rings is 2. The average Bonchev–Trinajstić information content (AvgIpc) is 3.17. The summed E-state index contributed by atoms with van der Waals surface area (Å²) in [6.07, 6.45) is 2.48. The number of amides is 1. The van der Waals surface area contributed by atoms with Crippen LogP contribution in [-0.4, -0.2) is 37.3 Å². The van der Waals surface area contributed by atoms with Crippen molar-refractivity contribution in [3.05, 3.63) is 47.5 Å². The maximum absolute atomic E-state index is 13.6. The Morgan fingerprint density at radius 1 is 1.23 bits per heavy atom. The van der Waals surface area contributed by atoms with Crippen LogP contribution in [0, 0.1) is 0 Å². The first-order chi connectivity index (χ1) is 14.4. The average molecular weight is 446 g/mol. The first-order valence-electron chi connectivity index (χ1n) is 9.73. The lowest BCUT2D eigenvalue weighted by Crippen LogP contribution is -2.38. The van der Waals surface area contributed by atoms with Crippen LogP contribution in [0.4, 0.5) is 5.69 Å². The molecule has 9 heteroatoms. The number of ether oxygens (including phenoxy) is 1. The number of aromatic nitrogens is 1. The van der Waals surface area contributed by atoms with E-state index in [0.717, 1.165) is 34.5 Å². The Morgan fingerprint density at radius 3 is 2.77 bits per heavy atom. The molecule has 1 aliphatic rings. The molecular formula is C21H23N3O4S2. The quantitative estimate of drug-likeness (QED) is 0.636. The maximum atomic E-state index is 13.6. The van der Waals surface area contributed by atoms with Crippen LogP contribution in [0.1, 0.15) is 37.2 Å². The van der Waals surface area contributed by atoms with Crippen LogP contribution >= 0.6 is 11.3 Å². The van der Waals surface area contributed by atoms with Gasteiger partial charge in [-0.05, 0) is 43.2 Å². The van der Waals surface area contributed by atoms with Crippen LogP contribution in [0.3, 0.4) is 0 Å². The Morgan fingerprint density at radius 2 is 2.03 bits per heavy atom. The second-order valence-electron chi connectivity index (χ2n) is 7.19. The highest BCUT2D eigenvalue weighted by Gasteiger charge is 2.36. The minimum absolute atomic E-state index is 0.125. The van der Waals surface area contributed by atoms with Crippen molar-refractivity contribution < 1.29 is 17.9 Å². The summed E-state index contributed by atoms with van der Waals surface area (Å²) < 4.78 is 35.0. The predicted molar refractivity (Wildman–Crippen MR) is 117 cm³/mol. The number of methoxy groups -OCH3 is 1. The van der Waals surface area contributed by atoms with Crippen LogP contribution in [0.15, 0.2) is 47.4 Å². The lowest BCUT2D eigenvalue weighted by atomic mass is 10.1. The number of nitrogens with zero attached hydrogens (tertiary/aromatic N) is 2. The fraction of sp³-hybridized carbons (Fsp3) is 0.333. The van der Waals surface area contributed by atoms with Gasteiger partial charge in [0.2, 0.25) is 15.9 Å². The summed E-state index contributed by atoms with van der Waals surface area (Å²) in [7, 11) is -2.31. The molecule has 1 N–H and O–H groups in total. The summed E-state index contributed by atoms with van der Waals surface area (Å²) in [5.74, 6) is 0.110. The molecule has 2 heterocycles. The molecule has 1 aliphatic heterocycles. The van der Waals surface area contributed by atoms with Crippen LogP contribution in [0.25, 0.3) is 10.2 Å². The number of hydrogen-bond acceptors (Lipinski definition) is 6. The summed E-state index contributed by atoms with van der Waals surface area (Å²) in [5.41, 5.74) is 1.22. The Hall–Kier alpha value is -2.49. The van der Waals surface area contributed by atoms with Crippen molar-refractivity contribution in [3.8, 4) is 5.75 Å². The molecule has 1 fully saturated rings. The highest BCUT2D eigenvalue weighted by atomic mass is 32.2. The largest absolute Gasteiger partial charge is 0.495 e. The van der Waals surface area contributed by atoms with E-state index in [0.29, 0.717) is 18.0 Å². The summed E-state index contributed by atoms with van der Waals surface area (Å²) in [6.45, 7) is 1.80. The van der Waals surface area contributed by atoms with Gasteiger partial charge in [-0.3, -0.25) is 4.79 Å². The number of anilines is 1. The maximum Gasteiger partial charge on any atom is 0.243 e. The van der Waals surface area contributed by atoms with Gasteiger partial charge in [0.15, 0.2) is 0 Å². The number of piperidine rings is 1. The highest BCUT2D eigenvalue weighted by Crippen LogP contribution is 2.39. The smallest absolute Gasteiger partial charge is 0.243 e. The Labute approximate surface area is 179 Å². The van der Waals surface area contributed by atoms with E-state index in [4.69, 9.17) is 9.72 Å². The van der Waals surface area contributed by atoms with Gasteiger partial charge < -0.3 is 10.1 Å². The van der Waals surface area contributed by atoms with Gasteiger partial charge in [-0.1, -0.05) is 18.6 Å². The summed E-state index contributed by atoms with van der Waals surface area (Å²) in [5, 5.41) is 3.46. The Kier molecular flexibility index (Phi) is 5.77. The first kappa shape index (κ1) is 20.8. The number of nitrogens with one attached hydrogen (secondary N) is 1. The number of sulfonamides is 1.